The van der Waals surface area contributed by atoms with E-state index in [2.05, 4.69) is 35.3 Å². The average molecular weight is 471 g/mol. The fourth-order valence-corrected chi connectivity index (χ4v) is 6.51. The number of nitriles is 1. The lowest BCUT2D eigenvalue weighted by molar-refractivity contribution is 0.114. The standard InChI is InChI=1S/C25H30N4OS.ClH/c1-17-22(18-7-13-31-14-8-18)19(15-26)23-27-20-5-3-4-6-21(20)29(23)24(17)28-11-9-25(2,16-30)10-12-28;/h3-6,18,30H,7-14,16H2,1-2H3;1H. The van der Waals surface area contributed by atoms with Crippen molar-refractivity contribution in [3.63, 3.8) is 0 Å². The van der Waals surface area contributed by atoms with Gasteiger partial charge >= 0.3 is 0 Å². The van der Waals surface area contributed by atoms with Gasteiger partial charge in [-0.25, -0.2) is 4.98 Å². The van der Waals surface area contributed by atoms with E-state index in [1.54, 1.807) is 0 Å². The van der Waals surface area contributed by atoms with Crippen molar-refractivity contribution in [2.45, 2.75) is 45.4 Å². The van der Waals surface area contributed by atoms with Crippen molar-refractivity contribution in [1.82, 2.24) is 9.38 Å². The number of para-hydroxylation sites is 2. The largest absolute Gasteiger partial charge is 0.396 e. The highest BCUT2D eigenvalue weighted by Gasteiger charge is 2.33. The predicted octanol–water partition coefficient (Wildman–Crippen LogP) is 5.30. The summed E-state index contributed by atoms with van der Waals surface area (Å²) in [7, 11) is 0. The van der Waals surface area contributed by atoms with Crippen LogP contribution < -0.4 is 4.90 Å². The summed E-state index contributed by atoms with van der Waals surface area (Å²) in [6.45, 7) is 6.45. The molecule has 2 aromatic heterocycles. The molecular formula is C25H31ClN4OS. The molecule has 3 aromatic rings. The van der Waals surface area contributed by atoms with Gasteiger partial charge in [-0.2, -0.15) is 17.0 Å². The minimum atomic E-state index is -0.00343. The number of hydrogen-bond acceptors (Lipinski definition) is 5. The highest BCUT2D eigenvalue weighted by molar-refractivity contribution is 7.99. The van der Waals surface area contributed by atoms with Gasteiger partial charge in [0.15, 0.2) is 5.65 Å². The minimum Gasteiger partial charge on any atom is -0.396 e. The highest BCUT2D eigenvalue weighted by Crippen LogP contribution is 2.42. The molecule has 1 aromatic carbocycles. The number of imidazole rings is 1. The maximum atomic E-state index is 10.2. The summed E-state index contributed by atoms with van der Waals surface area (Å²) in [6, 6.07) is 10.8. The van der Waals surface area contributed by atoms with Gasteiger partial charge < -0.3 is 10.0 Å². The number of nitrogens with zero attached hydrogens (tertiary/aromatic N) is 4. The number of fused-ring (bicyclic) bond motifs is 3. The summed E-state index contributed by atoms with van der Waals surface area (Å²) in [4.78, 5) is 7.42. The van der Waals surface area contributed by atoms with E-state index in [1.165, 1.54) is 16.9 Å². The van der Waals surface area contributed by atoms with E-state index in [0.29, 0.717) is 5.92 Å². The van der Waals surface area contributed by atoms with Crippen LogP contribution in [0.1, 0.15) is 55.2 Å². The zero-order chi connectivity index (χ0) is 21.6. The van der Waals surface area contributed by atoms with Crippen LogP contribution in [0, 0.1) is 23.7 Å². The van der Waals surface area contributed by atoms with Gasteiger partial charge in [0, 0.05) is 19.7 Å². The number of halogens is 1. The first-order valence-corrected chi connectivity index (χ1v) is 12.5. The van der Waals surface area contributed by atoms with Crippen LogP contribution in [-0.2, 0) is 0 Å². The van der Waals surface area contributed by atoms with Crippen molar-refractivity contribution in [3.8, 4) is 6.07 Å². The van der Waals surface area contributed by atoms with Crippen molar-refractivity contribution in [2.75, 3.05) is 36.1 Å². The van der Waals surface area contributed by atoms with E-state index < -0.39 is 0 Å². The fraction of sp³-hybridized carbons (Fsp3) is 0.520. The summed E-state index contributed by atoms with van der Waals surface area (Å²) in [6.07, 6.45) is 4.18. The number of hydrogen-bond donors (Lipinski definition) is 1. The monoisotopic (exact) mass is 470 g/mol. The number of aromatic nitrogens is 2. The Morgan fingerprint density at radius 2 is 1.91 bits per heavy atom. The van der Waals surface area contributed by atoms with Gasteiger partial charge in [0.2, 0.25) is 0 Å². The topological polar surface area (TPSA) is 64.6 Å². The van der Waals surface area contributed by atoms with E-state index in [0.717, 1.165) is 72.5 Å². The molecule has 7 heteroatoms. The average Bonchev–Trinajstić information content (AvgIpc) is 3.19. The second-order valence-electron chi connectivity index (χ2n) is 9.45. The Morgan fingerprint density at radius 1 is 1.22 bits per heavy atom. The summed E-state index contributed by atoms with van der Waals surface area (Å²) >= 11 is 2.02. The number of piperidine rings is 1. The molecule has 5 rings (SSSR count). The van der Waals surface area contributed by atoms with Crippen LogP contribution in [0.25, 0.3) is 16.7 Å². The molecule has 0 radical (unpaired) electrons. The van der Waals surface area contributed by atoms with Crippen molar-refractivity contribution >= 4 is 46.7 Å². The molecule has 1 N–H and O–H groups in total. The molecule has 0 unspecified atom stereocenters. The lowest BCUT2D eigenvalue weighted by atomic mass is 9.81. The number of rotatable bonds is 3. The number of benzene rings is 1. The lowest BCUT2D eigenvalue weighted by Crippen LogP contribution is -2.41. The molecule has 0 bridgehead atoms. The van der Waals surface area contributed by atoms with Crippen LogP contribution in [-0.4, -0.2) is 45.7 Å². The zero-order valence-electron chi connectivity index (χ0n) is 18.8. The molecule has 5 nitrogen and oxygen atoms in total. The highest BCUT2D eigenvalue weighted by atomic mass is 35.5. The van der Waals surface area contributed by atoms with Crippen LogP contribution in [0.3, 0.4) is 0 Å². The van der Waals surface area contributed by atoms with Gasteiger partial charge in [0.25, 0.3) is 0 Å². The minimum absolute atomic E-state index is 0. The van der Waals surface area contributed by atoms with Crippen molar-refractivity contribution in [2.24, 2.45) is 5.41 Å². The zero-order valence-corrected chi connectivity index (χ0v) is 20.4. The van der Waals surface area contributed by atoms with E-state index in [9.17, 15) is 10.4 Å². The number of anilines is 1. The molecule has 2 fully saturated rings. The maximum absolute atomic E-state index is 10.2. The van der Waals surface area contributed by atoms with Crippen LogP contribution in [0.5, 0.6) is 0 Å². The van der Waals surface area contributed by atoms with Gasteiger partial charge in [0.05, 0.1) is 16.6 Å². The van der Waals surface area contributed by atoms with E-state index in [4.69, 9.17) is 4.98 Å². The number of aliphatic hydroxyl groups is 1. The van der Waals surface area contributed by atoms with Crippen LogP contribution in [0.15, 0.2) is 24.3 Å². The molecular weight excluding hydrogens is 440 g/mol. The Kier molecular flexibility index (Phi) is 6.63. The van der Waals surface area contributed by atoms with Crippen molar-refractivity contribution in [1.29, 1.82) is 5.26 Å². The molecule has 0 amide bonds. The van der Waals surface area contributed by atoms with Gasteiger partial charge in [-0.15, -0.1) is 12.4 Å². The molecule has 0 spiro atoms. The lowest BCUT2D eigenvalue weighted by Gasteiger charge is -2.40. The van der Waals surface area contributed by atoms with Crippen molar-refractivity contribution < 1.29 is 5.11 Å². The number of thioether (sulfide) groups is 1. The number of aliphatic hydroxyl groups excluding tert-OH is 1. The maximum Gasteiger partial charge on any atom is 0.157 e. The molecule has 2 saturated heterocycles. The predicted molar refractivity (Wildman–Crippen MR) is 135 cm³/mol. The third kappa shape index (κ3) is 3.75. The molecule has 32 heavy (non-hydrogen) atoms. The third-order valence-electron chi connectivity index (χ3n) is 7.40. The Morgan fingerprint density at radius 3 is 2.56 bits per heavy atom. The van der Waals surface area contributed by atoms with Crippen molar-refractivity contribution in [3.05, 3.63) is 41.0 Å². The SMILES string of the molecule is Cc1c(C2CCSCC2)c(C#N)c2nc3ccccc3n2c1N1CCC(C)(CO)CC1.Cl. The summed E-state index contributed by atoms with van der Waals surface area (Å²) in [5.41, 5.74) is 6.00. The molecule has 0 aliphatic carbocycles. The van der Waals surface area contributed by atoms with E-state index >= 15 is 0 Å². The third-order valence-corrected chi connectivity index (χ3v) is 8.45. The van der Waals surface area contributed by atoms with Crippen LogP contribution in [0.4, 0.5) is 5.82 Å². The van der Waals surface area contributed by atoms with Gasteiger partial charge in [0.1, 0.15) is 11.9 Å². The first-order chi connectivity index (χ1) is 15.1. The second kappa shape index (κ2) is 9.13. The smallest absolute Gasteiger partial charge is 0.157 e. The molecule has 0 atom stereocenters. The summed E-state index contributed by atoms with van der Waals surface area (Å²) < 4.78 is 2.23. The fourth-order valence-electron chi connectivity index (χ4n) is 5.41. The molecule has 2 aliphatic rings. The normalized spacial score (nSPS) is 19.1. The molecule has 0 saturated carbocycles. The second-order valence-corrected chi connectivity index (χ2v) is 10.7. The van der Waals surface area contributed by atoms with E-state index in [-0.39, 0.29) is 24.4 Å². The Hall–Kier alpha value is -1.94. The summed E-state index contributed by atoms with van der Waals surface area (Å²) in [5.74, 6) is 3.93. The van der Waals surface area contributed by atoms with Crippen LogP contribution >= 0.6 is 24.2 Å². The number of pyridine rings is 1. The first kappa shape index (κ1) is 23.2. The van der Waals surface area contributed by atoms with Gasteiger partial charge in [-0.3, -0.25) is 4.40 Å². The molecule has 4 heterocycles. The van der Waals surface area contributed by atoms with Gasteiger partial charge in [-0.05, 0) is 78.7 Å². The molecule has 170 valence electrons. The van der Waals surface area contributed by atoms with Crippen LogP contribution in [0.2, 0.25) is 0 Å². The van der Waals surface area contributed by atoms with E-state index in [1.807, 2.05) is 30.0 Å². The summed E-state index contributed by atoms with van der Waals surface area (Å²) in [5, 5.41) is 20.1. The first-order valence-electron chi connectivity index (χ1n) is 11.3. The molecule has 2 aliphatic heterocycles. The quantitative estimate of drug-likeness (QED) is 0.562. The Labute approximate surface area is 200 Å². The Balaban J connectivity index is 0.00000245. The Bertz CT molecular complexity index is 1170. The van der Waals surface area contributed by atoms with Gasteiger partial charge in [-0.1, -0.05) is 19.1 Å².